The summed E-state index contributed by atoms with van der Waals surface area (Å²) in [6.45, 7) is 4.91. The Kier molecular flexibility index (Phi) is 52.9. The second-order valence-electron chi connectivity index (χ2n) is 22.0. The zero-order valence-electron chi connectivity index (χ0n) is 48.1. The zero-order valence-corrected chi connectivity index (χ0v) is 48.1. The zero-order chi connectivity index (χ0) is 52.7. The van der Waals surface area contributed by atoms with Crippen LogP contribution in [0.5, 0.6) is 0 Å². The molecule has 0 heterocycles. The molecular weight excluding hydrogens is 899 g/mol. The van der Waals surface area contributed by atoms with Gasteiger partial charge < -0.3 is 28.5 Å². The van der Waals surface area contributed by atoms with Gasteiger partial charge >= 0.3 is 17.9 Å². The van der Waals surface area contributed by atoms with Gasteiger partial charge in [0.15, 0.2) is 6.10 Å². The lowest BCUT2D eigenvalue weighted by Crippen LogP contribution is -2.40. The van der Waals surface area contributed by atoms with Crippen LogP contribution in [0, 0.1) is 0 Å². The molecule has 0 aromatic heterocycles. The lowest BCUT2D eigenvalue weighted by molar-refractivity contribution is -0.870. The van der Waals surface area contributed by atoms with Crippen molar-refractivity contribution in [3.05, 3.63) is 36.5 Å². The van der Waals surface area contributed by atoms with Gasteiger partial charge in [0.1, 0.15) is 13.2 Å². The molecule has 0 spiro atoms. The predicted octanol–water partition coefficient (Wildman–Crippen LogP) is 18.1. The third kappa shape index (κ3) is 55.3. The number of allylic oxidation sites excluding steroid dienone is 6. The summed E-state index contributed by atoms with van der Waals surface area (Å²) in [6, 6.07) is 0. The van der Waals surface area contributed by atoms with E-state index in [0.29, 0.717) is 17.4 Å². The van der Waals surface area contributed by atoms with Gasteiger partial charge in [-0.3, -0.25) is 9.59 Å². The first-order valence-corrected chi connectivity index (χ1v) is 30.7. The quantitative estimate of drug-likeness (QED) is 0.0211. The summed E-state index contributed by atoms with van der Waals surface area (Å²) < 4.78 is 22.9. The summed E-state index contributed by atoms with van der Waals surface area (Å²) in [5.74, 6) is -1.99. The highest BCUT2D eigenvalue weighted by Crippen LogP contribution is 2.17. The number of carbonyl (C=O) groups is 3. The largest absolute Gasteiger partial charge is 0.477 e. The molecule has 2 atom stereocenters. The average molecular weight is 1020 g/mol. The Labute approximate surface area is 445 Å². The van der Waals surface area contributed by atoms with Gasteiger partial charge in [0.25, 0.3) is 6.29 Å². The molecule has 0 radical (unpaired) electrons. The van der Waals surface area contributed by atoms with Crippen LogP contribution >= 0.6 is 0 Å². The van der Waals surface area contributed by atoms with Crippen LogP contribution in [0.4, 0.5) is 0 Å². The summed E-state index contributed by atoms with van der Waals surface area (Å²) in [6.07, 6.45) is 63.7. The molecule has 0 saturated heterocycles. The van der Waals surface area contributed by atoms with Crippen LogP contribution in [0.3, 0.4) is 0 Å². The second-order valence-corrected chi connectivity index (χ2v) is 22.0. The number of carboxylic acid groups (broad SMARTS) is 1. The van der Waals surface area contributed by atoms with Crippen molar-refractivity contribution in [3.63, 3.8) is 0 Å². The molecule has 0 aromatic rings. The number of likely N-dealkylation sites (N-methyl/N-ethyl adjacent to an activating group) is 1. The Balaban J connectivity index is 4.16. The molecule has 0 aliphatic heterocycles. The Morgan fingerprint density at radius 3 is 1.11 bits per heavy atom. The van der Waals surface area contributed by atoms with Crippen LogP contribution in [-0.2, 0) is 33.3 Å². The van der Waals surface area contributed by atoms with Gasteiger partial charge in [0.05, 0.1) is 34.4 Å². The van der Waals surface area contributed by atoms with Crippen molar-refractivity contribution < 1.29 is 42.9 Å². The Hall–Kier alpha value is -2.49. The minimum Gasteiger partial charge on any atom is -0.477 e. The number of hydrogen-bond acceptors (Lipinski definition) is 7. The van der Waals surface area contributed by atoms with E-state index in [4.69, 9.17) is 18.9 Å². The van der Waals surface area contributed by atoms with E-state index in [1.165, 1.54) is 212 Å². The smallest absolute Gasteiger partial charge is 0.361 e. The monoisotopic (exact) mass is 1020 g/mol. The van der Waals surface area contributed by atoms with Crippen molar-refractivity contribution in [1.82, 2.24) is 0 Å². The van der Waals surface area contributed by atoms with E-state index < -0.39 is 24.3 Å². The molecule has 0 aromatic carbocycles. The number of aliphatic carboxylic acids is 1. The van der Waals surface area contributed by atoms with Crippen molar-refractivity contribution in [2.24, 2.45) is 0 Å². The van der Waals surface area contributed by atoms with Crippen LogP contribution in [0.2, 0.25) is 0 Å². The summed E-state index contributed by atoms with van der Waals surface area (Å²) >= 11 is 0. The minimum atomic E-state index is -1.51. The maximum Gasteiger partial charge on any atom is 0.361 e. The van der Waals surface area contributed by atoms with Gasteiger partial charge in [-0.1, -0.05) is 262 Å². The molecule has 0 rings (SSSR count). The number of ether oxygens (including phenoxy) is 4. The highest BCUT2D eigenvalue weighted by atomic mass is 16.7. The van der Waals surface area contributed by atoms with Gasteiger partial charge in [-0.25, -0.2) is 4.79 Å². The molecule has 422 valence electrons. The molecule has 9 nitrogen and oxygen atoms in total. The summed E-state index contributed by atoms with van der Waals surface area (Å²) in [7, 11) is 5.98. The molecule has 0 aliphatic rings. The van der Waals surface area contributed by atoms with Crippen LogP contribution in [0.15, 0.2) is 36.5 Å². The van der Waals surface area contributed by atoms with Crippen molar-refractivity contribution >= 4 is 17.9 Å². The molecular formula is C63H118NO8+. The fourth-order valence-electron chi connectivity index (χ4n) is 8.91. The van der Waals surface area contributed by atoms with Crippen LogP contribution in [0.1, 0.15) is 290 Å². The van der Waals surface area contributed by atoms with Gasteiger partial charge in [-0.05, 0) is 51.4 Å². The van der Waals surface area contributed by atoms with Crippen LogP contribution in [-0.4, -0.2) is 87.4 Å². The van der Waals surface area contributed by atoms with Crippen LogP contribution < -0.4 is 0 Å². The molecule has 9 heteroatoms. The molecule has 72 heavy (non-hydrogen) atoms. The molecule has 0 fully saturated rings. The maximum absolute atomic E-state index is 12.9. The standard InChI is InChI=1S/C63H117NO8/c1-6-8-10-12-14-16-18-20-22-24-26-27-28-29-30-31-32-33-34-35-36-38-40-42-44-46-48-50-52-54-61(66)72-59(58-71-63(62(67)68)69-56-55-64(3,4)5)57-70-60(65)53-51-49-47-45-43-41-39-37-25-23-21-19-17-15-13-11-9-7-2/h18,20,24,26,28-29,59,63H,6-17,19,21-23,25,27,30-58H2,1-5H3/p+1/b20-18-,26-24-,29-28-. The number of carboxylic acids is 1. The van der Waals surface area contributed by atoms with E-state index >= 15 is 0 Å². The average Bonchev–Trinajstić information content (AvgIpc) is 3.35. The minimum absolute atomic E-state index is 0.177. The fraction of sp³-hybridized carbons (Fsp3) is 0.857. The number of nitrogens with zero attached hydrogens (tertiary/aromatic N) is 1. The number of carbonyl (C=O) groups excluding carboxylic acids is 2. The first-order chi connectivity index (χ1) is 35.1. The lowest BCUT2D eigenvalue weighted by Gasteiger charge is -2.25. The van der Waals surface area contributed by atoms with Gasteiger partial charge in [-0.2, -0.15) is 0 Å². The number of quaternary nitrogens is 1. The van der Waals surface area contributed by atoms with E-state index in [0.717, 1.165) is 51.4 Å². The van der Waals surface area contributed by atoms with E-state index in [2.05, 4.69) is 50.3 Å². The normalized spacial score (nSPS) is 13.0. The Morgan fingerprint density at radius 2 is 0.750 bits per heavy atom. The lowest BCUT2D eigenvalue weighted by atomic mass is 10.0. The van der Waals surface area contributed by atoms with Gasteiger partial charge in [0.2, 0.25) is 0 Å². The van der Waals surface area contributed by atoms with E-state index in [1.54, 1.807) is 0 Å². The second kappa shape index (κ2) is 54.8. The summed E-state index contributed by atoms with van der Waals surface area (Å²) in [4.78, 5) is 37.5. The fourth-order valence-corrected chi connectivity index (χ4v) is 8.91. The highest BCUT2D eigenvalue weighted by Gasteiger charge is 2.25. The molecule has 0 bridgehead atoms. The van der Waals surface area contributed by atoms with Crippen molar-refractivity contribution in [2.75, 3.05) is 47.5 Å². The van der Waals surface area contributed by atoms with Crippen LogP contribution in [0.25, 0.3) is 0 Å². The van der Waals surface area contributed by atoms with Crippen molar-refractivity contribution in [2.45, 2.75) is 302 Å². The predicted molar refractivity (Wildman–Crippen MR) is 304 cm³/mol. The van der Waals surface area contributed by atoms with E-state index in [9.17, 15) is 19.5 Å². The number of rotatable bonds is 57. The van der Waals surface area contributed by atoms with Gasteiger partial charge in [0, 0.05) is 12.8 Å². The first-order valence-electron chi connectivity index (χ1n) is 30.7. The molecule has 2 unspecified atom stereocenters. The SMILES string of the molecule is CCCCCCC/C=C\C/C=C\C/C=C\CCCCCCCCCCCCCCCCC(=O)OC(COC(=O)CCCCCCCCCCCCCCCCCCCC)COC(OCC[N+](C)(C)C)C(=O)O. The third-order valence-corrected chi connectivity index (χ3v) is 13.6. The van der Waals surface area contributed by atoms with Crippen molar-refractivity contribution in [3.8, 4) is 0 Å². The maximum atomic E-state index is 12.9. The first kappa shape index (κ1) is 69.5. The highest BCUT2D eigenvalue weighted by molar-refractivity contribution is 5.71. The van der Waals surface area contributed by atoms with E-state index in [-0.39, 0.29) is 32.2 Å². The van der Waals surface area contributed by atoms with Crippen molar-refractivity contribution in [1.29, 1.82) is 0 Å². The molecule has 0 amide bonds. The molecule has 1 N–H and O–H groups in total. The molecule has 0 aliphatic carbocycles. The topological polar surface area (TPSA) is 108 Å². The number of esters is 2. The van der Waals surface area contributed by atoms with Gasteiger partial charge in [-0.15, -0.1) is 0 Å². The third-order valence-electron chi connectivity index (χ3n) is 13.6. The molecule has 0 saturated carbocycles. The Morgan fingerprint density at radius 1 is 0.417 bits per heavy atom. The Bertz CT molecular complexity index is 1270. The summed E-state index contributed by atoms with van der Waals surface area (Å²) in [5, 5.41) is 9.71. The number of unbranched alkanes of at least 4 members (excludes halogenated alkanes) is 36. The number of hydrogen-bond donors (Lipinski definition) is 1. The van der Waals surface area contributed by atoms with E-state index in [1.807, 2.05) is 21.1 Å². The summed E-state index contributed by atoms with van der Waals surface area (Å²) in [5.41, 5.74) is 0.